The predicted molar refractivity (Wildman–Crippen MR) is 80.9 cm³/mol. The number of nitrogens with zero attached hydrogens (tertiary/aromatic N) is 1. The Morgan fingerprint density at radius 2 is 1.95 bits per heavy atom. The topological polar surface area (TPSA) is 32.3 Å². The smallest absolute Gasteiger partial charge is 0.222 e. The zero-order valence-corrected chi connectivity index (χ0v) is 12.6. The highest BCUT2D eigenvalue weighted by molar-refractivity contribution is 5.85. The quantitative estimate of drug-likeness (QED) is 0.921. The lowest BCUT2D eigenvalue weighted by atomic mass is 10.0. The molecule has 1 heterocycles. The third kappa shape index (κ3) is 4.51. The zero-order valence-electron chi connectivity index (χ0n) is 11.7. The highest BCUT2D eigenvalue weighted by Crippen LogP contribution is 2.13. The number of halogens is 1. The molecule has 1 aliphatic rings. The molecule has 4 heteroatoms. The molecule has 3 nitrogen and oxygen atoms in total. The Balaban J connectivity index is 0.00000180. The van der Waals surface area contributed by atoms with Crippen LogP contribution in [-0.2, 0) is 11.2 Å². The van der Waals surface area contributed by atoms with Gasteiger partial charge in [-0.1, -0.05) is 23.8 Å². The Morgan fingerprint density at radius 1 is 1.26 bits per heavy atom. The molecule has 0 spiro atoms. The Bertz CT molecular complexity index is 428. The lowest BCUT2D eigenvalue weighted by molar-refractivity contribution is -0.131. The molecule has 2 rings (SSSR count). The van der Waals surface area contributed by atoms with Gasteiger partial charge in [0, 0.05) is 32.6 Å². The van der Waals surface area contributed by atoms with Crippen LogP contribution in [0.15, 0.2) is 18.2 Å². The number of aryl methyl sites for hydroxylation is 3. The monoisotopic (exact) mass is 282 g/mol. The molecule has 1 aromatic carbocycles. The summed E-state index contributed by atoms with van der Waals surface area (Å²) in [5.74, 6) is 0.288. The van der Waals surface area contributed by atoms with Gasteiger partial charge in [-0.15, -0.1) is 12.4 Å². The molecule has 0 saturated carbocycles. The van der Waals surface area contributed by atoms with Crippen molar-refractivity contribution < 1.29 is 4.79 Å². The maximum Gasteiger partial charge on any atom is 0.222 e. The van der Waals surface area contributed by atoms with E-state index < -0.39 is 0 Å². The van der Waals surface area contributed by atoms with Gasteiger partial charge < -0.3 is 10.2 Å². The summed E-state index contributed by atoms with van der Waals surface area (Å²) in [7, 11) is 0. The average Bonchev–Trinajstić information content (AvgIpc) is 2.38. The molecule has 19 heavy (non-hydrogen) atoms. The van der Waals surface area contributed by atoms with Crippen molar-refractivity contribution in [3.8, 4) is 0 Å². The summed E-state index contributed by atoms with van der Waals surface area (Å²) >= 11 is 0. The van der Waals surface area contributed by atoms with Crippen molar-refractivity contribution in [3.05, 3.63) is 34.9 Å². The van der Waals surface area contributed by atoms with Crippen LogP contribution in [0.5, 0.6) is 0 Å². The first-order valence-corrected chi connectivity index (χ1v) is 6.71. The number of rotatable bonds is 3. The molecule has 0 atom stereocenters. The zero-order chi connectivity index (χ0) is 13.0. The third-order valence-corrected chi connectivity index (χ3v) is 3.58. The van der Waals surface area contributed by atoms with Crippen LogP contribution in [0.3, 0.4) is 0 Å². The Kier molecular flexibility index (Phi) is 6.32. The number of hydrogen-bond donors (Lipinski definition) is 1. The fourth-order valence-corrected chi connectivity index (χ4v) is 2.44. The molecule has 106 valence electrons. The molecule has 1 saturated heterocycles. The minimum atomic E-state index is 0. The van der Waals surface area contributed by atoms with Crippen LogP contribution in [0.4, 0.5) is 0 Å². The maximum atomic E-state index is 12.0. The van der Waals surface area contributed by atoms with Crippen LogP contribution in [-0.4, -0.2) is 37.0 Å². The summed E-state index contributed by atoms with van der Waals surface area (Å²) in [5.41, 5.74) is 3.87. The average molecular weight is 283 g/mol. The van der Waals surface area contributed by atoms with Crippen molar-refractivity contribution in [1.82, 2.24) is 10.2 Å². The molecule has 1 aromatic rings. The third-order valence-electron chi connectivity index (χ3n) is 3.58. The molecule has 1 fully saturated rings. The van der Waals surface area contributed by atoms with E-state index in [9.17, 15) is 4.79 Å². The number of amides is 1. The molecule has 0 unspecified atom stereocenters. The van der Waals surface area contributed by atoms with Crippen molar-refractivity contribution >= 4 is 18.3 Å². The van der Waals surface area contributed by atoms with Crippen LogP contribution >= 0.6 is 12.4 Å². The minimum absolute atomic E-state index is 0. The fourth-order valence-electron chi connectivity index (χ4n) is 2.44. The van der Waals surface area contributed by atoms with Crippen molar-refractivity contribution in [3.63, 3.8) is 0 Å². The van der Waals surface area contributed by atoms with Crippen LogP contribution < -0.4 is 5.32 Å². The second-order valence-electron chi connectivity index (χ2n) is 5.06. The lowest BCUT2D eigenvalue weighted by Gasteiger charge is -2.27. The number of carbonyl (C=O) groups excluding carboxylic acids is 1. The summed E-state index contributed by atoms with van der Waals surface area (Å²) in [4.78, 5) is 14.0. The molecule has 0 aromatic heterocycles. The molecule has 0 radical (unpaired) electrons. The van der Waals surface area contributed by atoms with E-state index in [0.717, 1.165) is 32.6 Å². The normalized spacial score (nSPS) is 14.9. The minimum Gasteiger partial charge on any atom is -0.340 e. The summed E-state index contributed by atoms with van der Waals surface area (Å²) in [6.07, 6.45) is 1.48. The second kappa shape index (κ2) is 7.51. The van der Waals surface area contributed by atoms with Gasteiger partial charge in [0.2, 0.25) is 5.91 Å². The van der Waals surface area contributed by atoms with Gasteiger partial charge in [-0.2, -0.15) is 0 Å². The van der Waals surface area contributed by atoms with Crippen molar-refractivity contribution in [2.45, 2.75) is 26.7 Å². The van der Waals surface area contributed by atoms with E-state index in [4.69, 9.17) is 0 Å². The van der Waals surface area contributed by atoms with Gasteiger partial charge in [0.05, 0.1) is 0 Å². The largest absolute Gasteiger partial charge is 0.340 e. The van der Waals surface area contributed by atoms with Crippen LogP contribution in [0.2, 0.25) is 0 Å². The van der Waals surface area contributed by atoms with Crippen LogP contribution in [0, 0.1) is 13.8 Å². The van der Waals surface area contributed by atoms with Gasteiger partial charge in [0.15, 0.2) is 0 Å². The van der Waals surface area contributed by atoms with Crippen molar-refractivity contribution in [2.24, 2.45) is 0 Å². The summed E-state index contributed by atoms with van der Waals surface area (Å²) in [6, 6.07) is 6.46. The van der Waals surface area contributed by atoms with Gasteiger partial charge in [-0.25, -0.2) is 0 Å². The Morgan fingerprint density at radius 3 is 2.58 bits per heavy atom. The second-order valence-corrected chi connectivity index (χ2v) is 5.06. The molecular formula is C15H23ClN2O. The summed E-state index contributed by atoms with van der Waals surface area (Å²) < 4.78 is 0. The summed E-state index contributed by atoms with van der Waals surface area (Å²) in [6.45, 7) is 7.78. The van der Waals surface area contributed by atoms with Crippen molar-refractivity contribution in [2.75, 3.05) is 26.2 Å². The number of benzene rings is 1. The van der Waals surface area contributed by atoms with E-state index in [0.29, 0.717) is 6.42 Å². The molecule has 1 N–H and O–H groups in total. The van der Waals surface area contributed by atoms with E-state index in [2.05, 4.69) is 37.4 Å². The summed E-state index contributed by atoms with van der Waals surface area (Å²) in [5, 5.41) is 3.26. The van der Waals surface area contributed by atoms with Crippen LogP contribution in [0.25, 0.3) is 0 Å². The van der Waals surface area contributed by atoms with E-state index in [1.165, 1.54) is 16.7 Å². The molecule has 0 bridgehead atoms. The van der Waals surface area contributed by atoms with Gasteiger partial charge in [-0.05, 0) is 31.4 Å². The van der Waals surface area contributed by atoms with E-state index in [1.807, 2.05) is 4.90 Å². The van der Waals surface area contributed by atoms with Gasteiger partial charge in [-0.3, -0.25) is 4.79 Å². The molecule has 0 aliphatic carbocycles. The molecule has 1 amide bonds. The van der Waals surface area contributed by atoms with Gasteiger partial charge in [0.25, 0.3) is 0 Å². The standard InChI is InChI=1S/C15H22N2O.ClH/c1-12-3-4-14(13(2)11-12)5-6-15(18)17-9-7-16-8-10-17;/h3-4,11,16H,5-10H2,1-2H3;1H. The number of piperazine rings is 1. The maximum absolute atomic E-state index is 12.0. The first-order chi connectivity index (χ1) is 8.66. The SMILES string of the molecule is Cc1ccc(CCC(=O)N2CCNCC2)c(C)c1.Cl. The molecule has 1 aliphatic heterocycles. The fraction of sp³-hybridized carbons (Fsp3) is 0.533. The Labute approximate surface area is 121 Å². The number of hydrogen-bond acceptors (Lipinski definition) is 2. The number of carbonyl (C=O) groups is 1. The number of nitrogens with one attached hydrogen (secondary N) is 1. The predicted octanol–water partition coefficient (Wildman–Crippen LogP) is 2.09. The van der Waals surface area contributed by atoms with E-state index >= 15 is 0 Å². The Hall–Kier alpha value is -1.06. The highest BCUT2D eigenvalue weighted by atomic mass is 35.5. The molecular weight excluding hydrogens is 260 g/mol. The lowest BCUT2D eigenvalue weighted by Crippen LogP contribution is -2.46. The van der Waals surface area contributed by atoms with Crippen LogP contribution in [0.1, 0.15) is 23.1 Å². The first-order valence-electron chi connectivity index (χ1n) is 6.71. The highest BCUT2D eigenvalue weighted by Gasteiger charge is 2.15. The van der Waals surface area contributed by atoms with Crippen molar-refractivity contribution in [1.29, 1.82) is 0 Å². The van der Waals surface area contributed by atoms with Gasteiger partial charge >= 0.3 is 0 Å². The van der Waals surface area contributed by atoms with Gasteiger partial charge in [0.1, 0.15) is 0 Å². The first kappa shape index (κ1) is 16.0. The van der Waals surface area contributed by atoms with E-state index in [1.54, 1.807) is 0 Å². The van der Waals surface area contributed by atoms with E-state index in [-0.39, 0.29) is 18.3 Å².